The highest BCUT2D eigenvalue weighted by molar-refractivity contribution is 5.88. The van der Waals surface area contributed by atoms with Gasteiger partial charge in [-0.25, -0.2) is 4.98 Å². The minimum absolute atomic E-state index is 0.429. The second kappa shape index (κ2) is 7.37. The number of ether oxygens (including phenoxy) is 1. The maximum atomic E-state index is 8.89. The third-order valence-corrected chi connectivity index (χ3v) is 4.54. The first kappa shape index (κ1) is 17.5. The van der Waals surface area contributed by atoms with E-state index >= 15 is 0 Å². The molecule has 5 nitrogen and oxygen atoms in total. The first-order chi connectivity index (χ1) is 13.6. The molecule has 1 heterocycles. The Morgan fingerprint density at radius 3 is 2.57 bits per heavy atom. The number of nitrogens with zero attached hydrogens (tertiary/aromatic N) is 3. The smallest absolute Gasteiger partial charge is 0.230 e. The summed E-state index contributed by atoms with van der Waals surface area (Å²) in [6, 6.07) is 21.3. The van der Waals surface area contributed by atoms with Crippen molar-refractivity contribution in [2.45, 2.75) is 13.8 Å². The predicted molar refractivity (Wildman–Crippen MR) is 110 cm³/mol. The lowest BCUT2D eigenvalue weighted by Gasteiger charge is -2.14. The summed E-state index contributed by atoms with van der Waals surface area (Å²) in [5, 5.41) is 14.4. The number of anilines is 2. The summed E-state index contributed by atoms with van der Waals surface area (Å²) >= 11 is 0. The fourth-order valence-corrected chi connectivity index (χ4v) is 3.16. The monoisotopic (exact) mass is 366 g/mol. The lowest BCUT2D eigenvalue weighted by molar-refractivity contribution is 0.456. The number of nitrogens with one attached hydrogen (secondary N) is 1. The Kier molecular flexibility index (Phi) is 4.61. The summed E-state index contributed by atoms with van der Waals surface area (Å²) in [5.74, 6) is 1.70. The molecule has 136 valence electrons. The fourth-order valence-electron chi connectivity index (χ4n) is 3.16. The number of benzene rings is 3. The third-order valence-electron chi connectivity index (χ3n) is 4.54. The van der Waals surface area contributed by atoms with Crippen molar-refractivity contribution in [2.75, 3.05) is 5.32 Å². The molecule has 0 fully saturated rings. The number of hydrogen-bond acceptors (Lipinski definition) is 5. The Hall–Kier alpha value is -3.91. The molecule has 4 aromatic rings. The molecule has 0 unspecified atom stereocenters. The van der Waals surface area contributed by atoms with Crippen molar-refractivity contribution in [3.8, 4) is 17.7 Å². The van der Waals surface area contributed by atoms with E-state index < -0.39 is 0 Å². The Morgan fingerprint density at radius 2 is 1.79 bits per heavy atom. The zero-order chi connectivity index (χ0) is 19.5. The molecule has 0 aliphatic heterocycles. The van der Waals surface area contributed by atoms with Crippen molar-refractivity contribution in [2.24, 2.45) is 0 Å². The molecule has 0 aliphatic carbocycles. The molecular formula is C23H18N4O. The molecule has 0 aliphatic rings. The van der Waals surface area contributed by atoms with Gasteiger partial charge >= 0.3 is 0 Å². The van der Waals surface area contributed by atoms with Crippen LogP contribution in [0, 0.1) is 25.2 Å². The molecule has 0 amide bonds. The second-order valence-corrected chi connectivity index (χ2v) is 6.50. The fraction of sp³-hybridized carbons (Fsp3) is 0.0870. The molecule has 4 rings (SSSR count). The quantitative estimate of drug-likeness (QED) is 0.505. The summed E-state index contributed by atoms with van der Waals surface area (Å²) in [5.41, 5.74) is 3.53. The van der Waals surface area contributed by atoms with Crippen LogP contribution >= 0.6 is 0 Å². The van der Waals surface area contributed by atoms with E-state index in [-0.39, 0.29) is 0 Å². The first-order valence-corrected chi connectivity index (χ1v) is 8.91. The molecule has 5 heteroatoms. The lowest BCUT2D eigenvalue weighted by atomic mass is 10.0. The molecule has 0 atom stereocenters. The van der Waals surface area contributed by atoms with Gasteiger partial charge in [0.1, 0.15) is 5.75 Å². The Balaban J connectivity index is 1.62. The molecule has 3 aromatic carbocycles. The van der Waals surface area contributed by atoms with Gasteiger partial charge in [0, 0.05) is 18.0 Å². The SMILES string of the molecule is Cc1cc2ccccc2c(C)c1Oc1ccnc(Nc2ccc(C#N)cc2)n1. The first-order valence-electron chi connectivity index (χ1n) is 8.91. The van der Waals surface area contributed by atoms with Crippen LogP contribution in [0.3, 0.4) is 0 Å². The number of hydrogen-bond donors (Lipinski definition) is 1. The highest BCUT2D eigenvalue weighted by atomic mass is 16.5. The van der Waals surface area contributed by atoms with E-state index in [9.17, 15) is 0 Å². The van der Waals surface area contributed by atoms with E-state index in [0.29, 0.717) is 17.4 Å². The minimum atomic E-state index is 0.429. The van der Waals surface area contributed by atoms with Crippen LogP contribution in [0.5, 0.6) is 11.6 Å². The largest absolute Gasteiger partial charge is 0.438 e. The van der Waals surface area contributed by atoms with Gasteiger partial charge in [-0.2, -0.15) is 10.2 Å². The van der Waals surface area contributed by atoms with Crippen LogP contribution in [0.1, 0.15) is 16.7 Å². The van der Waals surface area contributed by atoms with Crippen LogP contribution in [-0.2, 0) is 0 Å². The molecule has 0 spiro atoms. The van der Waals surface area contributed by atoms with Crippen LogP contribution in [0.4, 0.5) is 11.6 Å². The summed E-state index contributed by atoms with van der Waals surface area (Å²) in [7, 11) is 0. The van der Waals surface area contributed by atoms with Crippen LogP contribution in [0.25, 0.3) is 10.8 Å². The number of aromatic nitrogens is 2. The normalized spacial score (nSPS) is 10.5. The molecule has 1 N–H and O–H groups in total. The van der Waals surface area contributed by atoms with Gasteiger partial charge in [-0.1, -0.05) is 24.3 Å². The van der Waals surface area contributed by atoms with Gasteiger partial charge in [-0.05, 0) is 66.1 Å². The summed E-state index contributed by atoms with van der Waals surface area (Å²) in [4.78, 5) is 8.71. The zero-order valence-electron chi connectivity index (χ0n) is 15.6. The van der Waals surface area contributed by atoms with Crippen molar-refractivity contribution >= 4 is 22.4 Å². The highest BCUT2D eigenvalue weighted by Gasteiger charge is 2.11. The van der Waals surface area contributed by atoms with Gasteiger partial charge in [0.2, 0.25) is 11.8 Å². The predicted octanol–water partition coefficient (Wildman–Crippen LogP) is 5.65. The van der Waals surface area contributed by atoms with E-state index in [4.69, 9.17) is 10.00 Å². The van der Waals surface area contributed by atoms with Crippen LogP contribution in [0.15, 0.2) is 66.9 Å². The lowest BCUT2D eigenvalue weighted by Crippen LogP contribution is -1.99. The summed E-state index contributed by atoms with van der Waals surface area (Å²) < 4.78 is 6.13. The molecule has 28 heavy (non-hydrogen) atoms. The third kappa shape index (κ3) is 3.49. The molecule has 0 saturated carbocycles. The van der Waals surface area contributed by atoms with Crippen LogP contribution < -0.4 is 10.1 Å². The highest BCUT2D eigenvalue weighted by Crippen LogP contribution is 2.34. The van der Waals surface area contributed by atoms with Crippen molar-refractivity contribution < 1.29 is 4.74 Å². The number of aryl methyl sites for hydroxylation is 2. The standard InChI is InChI=1S/C23H18N4O/c1-15-13-18-5-3-4-6-20(18)16(2)22(15)28-21-11-12-25-23(27-21)26-19-9-7-17(14-24)8-10-19/h3-13H,1-2H3,(H,25,26,27). The van der Waals surface area contributed by atoms with E-state index in [0.717, 1.165) is 28.0 Å². The average Bonchev–Trinajstić information content (AvgIpc) is 2.72. The van der Waals surface area contributed by atoms with Gasteiger partial charge in [0.25, 0.3) is 0 Å². The van der Waals surface area contributed by atoms with Gasteiger partial charge in [-0.3, -0.25) is 0 Å². The van der Waals surface area contributed by atoms with Gasteiger partial charge in [0.15, 0.2) is 0 Å². The maximum absolute atomic E-state index is 8.89. The maximum Gasteiger partial charge on any atom is 0.230 e. The number of rotatable bonds is 4. The molecule has 1 aromatic heterocycles. The zero-order valence-corrected chi connectivity index (χ0v) is 15.6. The Labute approximate surface area is 163 Å². The van der Waals surface area contributed by atoms with Gasteiger partial charge in [0.05, 0.1) is 11.6 Å². The van der Waals surface area contributed by atoms with E-state index in [2.05, 4.69) is 46.5 Å². The van der Waals surface area contributed by atoms with Crippen molar-refractivity contribution in [3.63, 3.8) is 0 Å². The van der Waals surface area contributed by atoms with E-state index in [1.54, 1.807) is 24.4 Å². The molecular weight excluding hydrogens is 348 g/mol. The number of nitriles is 1. The van der Waals surface area contributed by atoms with E-state index in [1.165, 1.54) is 5.39 Å². The van der Waals surface area contributed by atoms with Crippen molar-refractivity contribution in [3.05, 3.63) is 83.6 Å². The van der Waals surface area contributed by atoms with Crippen molar-refractivity contribution in [1.29, 1.82) is 5.26 Å². The molecule has 0 saturated heterocycles. The summed E-state index contributed by atoms with van der Waals surface area (Å²) in [6.45, 7) is 4.09. The Bertz CT molecular complexity index is 1190. The Morgan fingerprint density at radius 1 is 1.00 bits per heavy atom. The van der Waals surface area contributed by atoms with Crippen LogP contribution in [-0.4, -0.2) is 9.97 Å². The number of fused-ring (bicyclic) bond motifs is 1. The molecule has 0 bridgehead atoms. The van der Waals surface area contributed by atoms with Gasteiger partial charge < -0.3 is 10.1 Å². The van der Waals surface area contributed by atoms with Gasteiger partial charge in [-0.15, -0.1) is 0 Å². The van der Waals surface area contributed by atoms with Crippen LogP contribution in [0.2, 0.25) is 0 Å². The average molecular weight is 366 g/mol. The van der Waals surface area contributed by atoms with Crippen molar-refractivity contribution in [1.82, 2.24) is 9.97 Å². The second-order valence-electron chi connectivity index (χ2n) is 6.50. The topological polar surface area (TPSA) is 70.8 Å². The molecule has 0 radical (unpaired) electrons. The van der Waals surface area contributed by atoms with E-state index in [1.807, 2.05) is 31.2 Å². The minimum Gasteiger partial charge on any atom is -0.438 e. The summed E-state index contributed by atoms with van der Waals surface area (Å²) in [6.07, 6.45) is 1.65.